The normalized spacial score (nSPS) is 12.4. The number of rotatable bonds is 2. The number of alkyl halides is 2. The van der Waals surface area contributed by atoms with Crippen LogP contribution in [0.4, 0.5) is 8.78 Å². The SMILES string of the molecule is Cl.NC(c1ccccc1Cl)C(F)F. The molecule has 0 radical (unpaired) electrons. The van der Waals surface area contributed by atoms with Crippen LogP contribution in [0.3, 0.4) is 0 Å². The molecule has 5 heteroatoms. The molecular formula is C8H9Cl2F2N. The van der Waals surface area contributed by atoms with Crippen molar-refractivity contribution in [1.82, 2.24) is 0 Å². The molecule has 1 aromatic carbocycles. The average Bonchev–Trinajstić information content (AvgIpc) is 2.04. The zero-order chi connectivity index (χ0) is 9.14. The number of hydrogen-bond donors (Lipinski definition) is 1. The molecule has 0 saturated carbocycles. The average molecular weight is 228 g/mol. The van der Waals surface area contributed by atoms with Crippen LogP contribution in [0.15, 0.2) is 24.3 Å². The van der Waals surface area contributed by atoms with Crippen molar-refractivity contribution in [3.63, 3.8) is 0 Å². The third-order valence-electron chi connectivity index (χ3n) is 1.54. The van der Waals surface area contributed by atoms with Gasteiger partial charge in [-0.15, -0.1) is 12.4 Å². The lowest BCUT2D eigenvalue weighted by molar-refractivity contribution is 0.116. The monoisotopic (exact) mass is 227 g/mol. The molecule has 0 aliphatic rings. The van der Waals surface area contributed by atoms with Gasteiger partial charge < -0.3 is 5.73 Å². The highest BCUT2D eigenvalue weighted by Gasteiger charge is 2.19. The van der Waals surface area contributed by atoms with Crippen molar-refractivity contribution in [3.8, 4) is 0 Å². The highest BCUT2D eigenvalue weighted by atomic mass is 35.5. The maximum absolute atomic E-state index is 12.1. The smallest absolute Gasteiger partial charge is 0.257 e. The Morgan fingerprint density at radius 3 is 2.23 bits per heavy atom. The number of halogens is 4. The predicted octanol–water partition coefficient (Wildman–Crippen LogP) is 3.03. The quantitative estimate of drug-likeness (QED) is 0.827. The summed E-state index contributed by atoms with van der Waals surface area (Å²) < 4.78 is 24.2. The van der Waals surface area contributed by atoms with Crippen molar-refractivity contribution < 1.29 is 8.78 Å². The van der Waals surface area contributed by atoms with E-state index in [9.17, 15) is 8.78 Å². The Bertz CT molecular complexity index is 268. The Morgan fingerprint density at radius 1 is 1.23 bits per heavy atom. The van der Waals surface area contributed by atoms with Crippen LogP contribution < -0.4 is 5.73 Å². The summed E-state index contributed by atoms with van der Waals surface area (Å²) in [4.78, 5) is 0. The number of nitrogens with two attached hydrogens (primary N) is 1. The maximum Gasteiger partial charge on any atom is 0.257 e. The lowest BCUT2D eigenvalue weighted by Gasteiger charge is -2.11. The van der Waals surface area contributed by atoms with Gasteiger partial charge in [0.2, 0.25) is 0 Å². The molecule has 74 valence electrons. The fourth-order valence-corrected chi connectivity index (χ4v) is 1.14. The first-order valence-corrected chi connectivity index (χ1v) is 3.79. The first-order chi connectivity index (χ1) is 5.63. The maximum atomic E-state index is 12.1. The van der Waals surface area contributed by atoms with Crippen LogP contribution in [-0.2, 0) is 0 Å². The van der Waals surface area contributed by atoms with Crippen molar-refractivity contribution in [3.05, 3.63) is 34.9 Å². The van der Waals surface area contributed by atoms with Gasteiger partial charge in [-0.1, -0.05) is 29.8 Å². The van der Waals surface area contributed by atoms with E-state index in [2.05, 4.69) is 0 Å². The largest absolute Gasteiger partial charge is 0.319 e. The topological polar surface area (TPSA) is 26.0 Å². The summed E-state index contributed by atoms with van der Waals surface area (Å²) in [5.74, 6) is 0. The van der Waals surface area contributed by atoms with E-state index < -0.39 is 12.5 Å². The first kappa shape index (κ1) is 12.6. The first-order valence-electron chi connectivity index (χ1n) is 3.41. The molecule has 0 fully saturated rings. The summed E-state index contributed by atoms with van der Waals surface area (Å²) in [5, 5.41) is 0.283. The molecule has 0 spiro atoms. The molecule has 0 aliphatic carbocycles. The van der Waals surface area contributed by atoms with E-state index >= 15 is 0 Å². The van der Waals surface area contributed by atoms with Crippen LogP contribution in [0, 0.1) is 0 Å². The summed E-state index contributed by atoms with van der Waals surface area (Å²) in [7, 11) is 0. The van der Waals surface area contributed by atoms with Gasteiger partial charge in [0, 0.05) is 5.02 Å². The minimum Gasteiger partial charge on any atom is -0.319 e. The lowest BCUT2D eigenvalue weighted by atomic mass is 10.1. The Labute approximate surface area is 86.3 Å². The van der Waals surface area contributed by atoms with Crippen molar-refractivity contribution in [2.45, 2.75) is 12.5 Å². The van der Waals surface area contributed by atoms with Gasteiger partial charge in [-0.2, -0.15) is 0 Å². The third-order valence-corrected chi connectivity index (χ3v) is 1.88. The lowest BCUT2D eigenvalue weighted by Crippen LogP contribution is -2.19. The Kier molecular flexibility index (Phi) is 5.21. The second-order valence-electron chi connectivity index (χ2n) is 2.38. The van der Waals surface area contributed by atoms with E-state index in [1.807, 2.05) is 0 Å². The van der Waals surface area contributed by atoms with Gasteiger partial charge in [-0.05, 0) is 11.6 Å². The molecule has 1 rings (SSSR count). The van der Waals surface area contributed by atoms with E-state index in [4.69, 9.17) is 17.3 Å². The van der Waals surface area contributed by atoms with Gasteiger partial charge in [-0.3, -0.25) is 0 Å². The summed E-state index contributed by atoms with van der Waals surface area (Å²) >= 11 is 5.65. The molecule has 2 N–H and O–H groups in total. The Morgan fingerprint density at radius 2 is 1.77 bits per heavy atom. The zero-order valence-electron chi connectivity index (χ0n) is 6.58. The summed E-state index contributed by atoms with van der Waals surface area (Å²) in [5.41, 5.74) is 5.49. The van der Waals surface area contributed by atoms with Gasteiger partial charge in [0.05, 0.1) is 6.04 Å². The minimum atomic E-state index is -2.58. The minimum absolute atomic E-state index is 0. The molecule has 1 atom stereocenters. The molecule has 0 heterocycles. The van der Waals surface area contributed by atoms with E-state index in [0.717, 1.165) is 0 Å². The van der Waals surface area contributed by atoms with Crippen LogP contribution in [0.1, 0.15) is 11.6 Å². The fraction of sp³-hybridized carbons (Fsp3) is 0.250. The highest BCUT2D eigenvalue weighted by Crippen LogP contribution is 2.24. The van der Waals surface area contributed by atoms with E-state index in [0.29, 0.717) is 0 Å². The molecule has 13 heavy (non-hydrogen) atoms. The second kappa shape index (κ2) is 5.37. The van der Waals surface area contributed by atoms with Crippen LogP contribution in [0.25, 0.3) is 0 Å². The Balaban J connectivity index is 0.00000144. The molecular weight excluding hydrogens is 219 g/mol. The van der Waals surface area contributed by atoms with Crippen molar-refractivity contribution >= 4 is 24.0 Å². The van der Waals surface area contributed by atoms with Gasteiger partial charge in [-0.25, -0.2) is 8.78 Å². The van der Waals surface area contributed by atoms with Crippen LogP contribution >= 0.6 is 24.0 Å². The molecule has 1 aromatic rings. The number of benzene rings is 1. The molecule has 0 aromatic heterocycles. The van der Waals surface area contributed by atoms with Gasteiger partial charge >= 0.3 is 0 Å². The summed E-state index contributed by atoms with van der Waals surface area (Å²) in [6.45, 7) is 0. The summed E-state index contributed by atoms with van der Waals surface area (Å²) in [6.07, 6.45) is -2.58. The standard InChI is InChI=1S/C8H8ClF2N.ClH/c9-6-4-2-1-3-5(6)7(12)8(10)11;/h1-4,7-8H,12H2;1H. The Hall–Kier alpha value is -0.380. The van der Waals surface area contributed by atoms with Gasteiger partial charge in [0.15, 0.2) is 0 Å². The predicted molar refractivity (Wildman–Crippen MR) is 51.6 cm³/mol. The van der Waals surface area contributed by atoms with E-state index in [1.165, 1.54) is 6.07 Å². The fourth-order valence-electron chi connectivity index (χ4n) is 0.881. The van der Waals surface area contributed by atoms with Crippen LogP contribution in [-0.4, -0.2) is 6.43 Å². The highest BCUT2D eigenvalue weighted by molar-refractivity contribution is 6.31. The van der Waals surface area contributed by atoms with Crippen molar-refractivity contribution in [1.29, 1.82) is 0 Å². The van der Waals surface area contributed by atoms with Gasteiger partial charge in [0.1, 0.15) is 0 Å². The summed E-state index contributed by atoms with van der Waals surface area (Å²) in [6, 6.07) is 5.05. The van der Waals surface area contributed by atoms with Crippen LogP contribution in [0.5, 0.6) is 0 Å². The van der Waals surface area contributed by atoms with E-state index in [-0.39, 0.29) is 23.0 Å². The second-order valence-corrected chi connectivity index (χ2v) is 2.79. The zero-order valence-corrected chi connectivity index (χ0v) is 8.16. The molecule has 0 amide bonds. The van der Waals surface area contributed by atoms with E-state index in [1.54, 1.807) is 18.2 Å². The molecule has 0 saturated heterocycles. The van der Waals surface area contributed by atoms with Crippen LogP contribution in [0.2, 0.25) is 5.02 Å². The number of hydrogen-bond acceptors (Lipinski definition) is 1. The van der Waals surface area contributed by atoms with Crippen molar-refractivity contribution in [2.75, 3.05) is 0 Å². The molecule has 1 unspecified atom stereocenters. The van der Waals surface area contributed by atoms with Crippen molar-refractivity contribution in [2.24, 2.45) is 5.73 Å². The van der Waals surface area contributed by atoms with Gasteiger partial charge in [0.25, 0.3) is 6.43 Å². The third kappa shape index (κ3) is 3.10. The molecule has 1 nitrogen and oxygen atoms in total. The molecule has 0 bridgehead atoms. The molecule has 0 aliphatic heterocycles.